The highest BCUT2D eigenvalue weighted by Crippen LogP contribution is 2.24. The third-order valence-electron chi connectivity index (χ3n) is 3.14. The van der Waals surface area contributed by atoms with Crippen molar-refractivity contribution in [1.29, 1.82) is 0 Å². The number of aromatic nitrogens is 2. The van der Waals surface area contributed by atoms with Crippen molar-refractivity contribution in [3.63, 3.8) is 0 Å². The van der Waals surface area contributed by atoms with Gasteiger partial charge in [-0.15, -0.1) is 0 Å². The van der Waals surface area contributed by atoms with Crippen molar-refractivity contribution in [2.24, 2.45) is 15.9 Å². The Morgan fingerprint density at radius 2 is 2.21 bits per heavy atom. The maximum absolute atomic E-state index is 4.34. The first kappa shape index (κ1) is 15.2. The number of rotatable bonds is 7. The van der Waals surface area contributed by atoms with E-state index in [1.165, 1.54) is 0 Å². The van der Waals surface area contributed by atoms with E-state index in [0.29, 0.717) is 11.8 Å². The van der Waals surface area contributed by atoms with E-state index >= 15 is 0 Å². The highest BCUT2D eigenvalue weighted by atomic mass is 15.1. The van der Waals surface area contributed by atoms with Crippen LogP contribution in [0.1, 0.15) is 45.2 Å². The fourth-order valence-corrected chi connectivity index (χ4v) is 1.90. The van der Waals surface area contributed by atoms with Gasteiger partial charge in [-0.3, -0.25) is 9.98 Å². The Morgan fingerprint density at radius 1 is 1.42 bits per heavy atom. The van der Waals surface area contributed by atoms with Crippen LogP contribution in [-0.4, -0.2) is 23.1 Å². The van der Waals surface area contributed by atoms with Gasteiger partial charge in [-0.05, 0) is 44.5 Å². The van der Waals surface area contributed by atoms with Crippen LogP contribution >= 0.6 is 0 Å². The predicted octanol–water partition coefficient (Wildman–Crippen LogP) is 3.63. The van der Waals surface area contributed by atoms with Gasteiger partial charge in [0.05, 0.1) is 11.4 Å². The molecule has 0 aliphatic carbocycles. The minimum Gasteiger partial charge on any atom is -0.271 e. The molecular weight excluding hydrogens is 236 g/mol. The second-order valence-corrected chi connectivity index (χ2v) is 4.65. The van der Waals surface area contributed by atoms with E-state index in [1.807, 2.05) is 19.1 Å². The maximum Gasteiger partial charge on any atom is 0.0659 e. The Balaban J connectivity index is 2.56. The van der Waals surface area contributed by atoms with Gasteiger partial charge < -0.3 is 0 Å². The normalized spacial score (nSPS) is 15.4. The van der Waals surface area contributed by atoms with Crippen LogP contribution < -0.4 is 0 Å². The first-order valence-corrected chi connectivity index (χ1v) is 6.61. The van der Waals surface area contributed by atoms with E-state index in [9.17, 15) is 0 Å². The topological polar surface area (TPSA) is 50.5 Å². The molecule has 2 atom stereocenters. The van der Waals surface area contributed by atoms with Crippen LogP contribution in [0.25, 0.3) is 0 Å². The molecule has 0 radical (unpaired) electrons. The second kappa shape index (κ2) is 8.29. The lowest BCUT2D eigenvalue weighted by molar-refractivity contribution is 0.522. The van der Waals surface area contributed by atoms with E-state index in [1.54, 1.807) is 18.6 Å². The van der Waals surface area contributed by atoms with Crippen LogP contribution in [0.4, 0.5) is 0 Å². The van der Waals surface area contributed by atoms with Gasteiger partial charge in [-0.25, -0.2) is 0 Å². The molecule has 4 heteroatoms. The van der Waals surface area contributed by atoms with Gasteiger partial charge in [-0.2, -0.15) is 10.2 Å². The molecule has 0 aromatic carbocycles. The molecule has 0 N–H and O–H groups in total. The molecule has 19 heavy (non-hydrogen) atoms. The maximum atomic E-state index is 4.34. The molecule has 0 fully saturated rings. The van der Waals surface area contributed by atoms with E-state index in [0.717, 1.165) is 24.2 Å². The average Bonchev–Trinajstić information content (AvgIpc) is 2.45. The molecule has 0 bridgehead atoms. The van der Waals surface area contributed by atoms with Crippen LogP contribution in [0.15, 0.2) is 40.2 Å². The summed E-state index contributed by atoms with van der Waals surface area (Å²) in [6.07, 6.45) is 7.31. The minimum absolute atomic E-state index is 0.362. The zero-order chi connectivity index (χ0) is 14.1. The summed E-state index contributed by atoms with van der Waals surface area (Å²) in [5, 5.41) is 8.07. The lowest BCUT2D eigenvalue weighted by Gasteiger charge is -2.15. The summed E-state index contributed by atoms with van der Waals surface area (Å²) >= 11 is 0. The van der Waals surface area contributed by atoms with Crippen LogP contribution in [0.5, 0.6) is 0 Å². The van der Waals surface area contributed by atoms with Crippen LogP contribution in [0, 0.1) is 5.92 Å². The third-order valence-corrected chi connectivity index (χ3v) is 3.14. The monoisotopic (exact) mass is 258 g/mol. The van der Waals surface area contributed by atoms with Crippen molar-refractivity contribution < 1.29 is 0 Å². The summed E-state index contributed by atoms with van der Waals surface area (Å²) in [7, 11) is 0. The molecule has 0 spiro atoms. The molecular formula is C15H22N4. The predicted molar refractivity (Wildman–Crippen MR) is 80.6 cm³/mol. The van der Waals surface area contributed by atoms with Crippen LogP contribution in [0.2, 0.25) is 0 Å². The quantitative estimate of drug-likeness (QED) is 0.701. The molecule has 1 heterocycles. The number of aliphatic imine (C=N–C) groups is 2. The van der Waals surface area contributed by atoms with Crippen LogP contribution in [-0.2, 0) is 0 Å². The summed E-state index contributed by atoms with van der Waals surface area (Å²) < 4.78 is 0. The lowest BCUT2D eigenvalue weighted by Crippen LogP contribution is -2.03. The lowest BCUT2D eigenvalue weighted by atomic mass is 9.94. The first-order valence-electron chi connectivity index (χ1n) is 6.61. The Bertz CT molecular complexity index is 437. The van der Waals surface area contributed by atoms with E-state index < -0.39 is 0 Å². The van der Waals surface area contributed by atoms with E-state index in [2.05, 4.69) is 40.7 Å². The number of allylic oxidation sites excluding steroid dienone is 1. The Kier molecular flexibility index (Phi) is 6.64. The second-order valence-electron chi connectivity index (χ2n) is 4.65. The van der Waals surface area contributed by atoms with Gasteiger partial charge in [0.2, 0.25) is 0 Å². The van der Waals surface area contributed by atoms with E-state index in [-0.39, 0.29) is 0 Å². The standard InChI is InChI=1S/C15H22N4/c1-5-17-15(11-16-4)13(3)9-8-12(2)14-7-6-10-18-19-14/h5-7,10-13H,4,8-9H2,1-3H3/b15-11-,17-5-. The summed E-state index contributed by atoms with van der Waals surface area (Å²) in [5.74, 6) is 0.764. The largest absolute Gasteiger partial charge is 0.271 e. The van der Waals surface area contributed by atoms with Gasteiger partial charge in [0.25, 0.3) is 0 Å². The zero-order valence-corrected chi connectivity index (χ0v) is 12.0. The van der Waals surface area contributed by atoms with Crippen molar-refractivity contribution in [1.82, 2.24) is 10.2 Å². The number of nitrogens with zero attached hydrogens (tertiary/aromatic N) is 4. The fourth-order valence-electron chi connectivity index (χ4n) is 1.90. The number of hydrogen-bond donors (Lipinski definition) is 0. The average molecular weight is 258 g/mol. The van der Waals surface area contributed by atoms with E-state index in [4.69, 9.17) is 0 Å². The van der Waals surface area contributed by atoms with Crippen molar-refractivity contribution in [3.05, 3.63) is 35.9 Å². The molecule has 1 aromatic heterocycles. The molecule has 1 rings (SSSR count). The molecule has 2 unspecified atom stereocenters. The van der Waals surface area contributed by atoms with Crippen molar-refractivity contribution in [2.45, 2.75) is 39.5 Å². The van der Waals surface area contributed by atoms with Gasteiger partial charge in [-0.1, -0.05) is 13.8 Å². The van der Waals surface area contributed by atoms with Crippen LogP contribution in [0.3, 0.4) is 0 Å². The third kappa shape index (κ3) is 5.12. The number of hydrogen-bond acceptors (Lipinski definition) is 4. The van der Waals surface area contributed by atoms with Gasteiger partial charge in [0.1, 0.15) is 0 Å². The smallest absolute Gasteiger partial charge is 0.0659 e. The molecule has 1 aromatic rings. The Morgan fingerprint density at radius 3 is 2.79 bits per heavy atom. The Hall–Kier alpha value is -1.84. The Labute approximate surface area is 115 Å². The molecule has 102 valence electrons. The van der Waals surface area contributed by atoms with Crippen molar-refractivity contribution in [2.75, 3.05) is 0 Å². The summed E-state index contributed by atoms with van der Waals surface area (Å²) in [4.78, 5) is 8.15. The van der Waals surface area contributed by atoms with Gasteiger partial charge in [0, 0.05) is 24.5 Å². The molecule has 0 aliphatic heterocycles. The zero-order valence-electron chi connectivity index (χ0n) is 12.0. The highest BCUT2D eigenvalue weighted by Gasteiger charge is 2.12. The van der Waals surface area contributed by atoms with Crippen molar-refractivity contribution in [3.8, 4) is 0 Å². The highest BCUT2D eigenvalue weighted by molar-refractivity contribution is 5.55. The minimum atomic E-state index is 0.362. The molecule has 0 saturated carbocycles. The molecule has 0 aliphatic rings. The molecule has 0 amide bonds. The van der Waals surface area contributed by atoms with Gasteiger partial charge >= 0.3 is 0 Å². The molecule has 4 nitrogen and oxygen atoms in total. The first-order chi connectivity index (χ1) is 9.19. The fraction of sp³-hybridized carbons (Fsp3) is 0.467. The molecule has 0 saturated heterocycles. The summed E-state index contributed by atoms with van der Waals surface area (Å²) in [6.45, 7) is 9.73. The van der Waals surface area contributed by atoms with Crippen molar-refractivity contribution >= 4 is 12.9 Å². The summed E-state index contributed by atoms with van der Waals surface area (Å²) in [5.41, 5.74) is 2.02. The SMILES string of the molecule is C=N/C=C(\N=C/C)C(C)CCC(C)c1cccnn1. The summed E-state index contributed by atoms with van der Waals surface area (Å²) in [6, 6.07) is 3.95. The van der Waals surface area contributed by atoms with Gasteiger partial charge in [0.15, 0.2) is 0 Å².